The van der Waals surface area contributed by atoms with Crippen molar-refractivity contribution in [3.05, 3.63) is 53.1 Å². The molecule has 1 aliphatic rings. The van der Waals surface area contributed by atoms with Crippen molar-refractivity contribution in [2.45, 2.75) is 19.4 Å². The van der Waals surface area contributed by atoms with Crippen LogP contribution in [0.2, 0.25) is 0 Å². The fourth-order valence-electron chi connectivity index (χ4n) is 2.75. The highest BCUT2D eigenvalue weighted by Crippen LogP contribution is 2.33. The molecule has 3 rings (SSSR count). The number of hydrogen-bond donors (Lipinski definition) is 0. The smallest absolute Gasteiger partial charge is 0.374 e. The number of hydrogen-bond acceptors (Lipinski definition) is 5. The Morgan fingerprint density at radius 3 is 3.09 bits per heavy atom. The lowest BCUT2D eigenvalue weighted by molar-refractivity contribution is 0.0504. The van der Waals surface area contributed by atoms with Crippen molar-refractivity contribution in [3.8, 4) is 6.07 Å². The van der Waals surface area contributed by atoms with Crippen LogP contribution in [-0.2, 0) is 11.2 Å². The summed E-state index contributed by atoms with van der Waals surface area (Å²) >= 11 is 0. The maximum Gasteiger partial charge on any atom is 0.374 e. The quantitative estimate of drug-likeness (QED) is 0.807. The van der Waals surface area contributed by atoms with Crippen molar-refractivity contribution in [2.24, 2.45) is 0 Å². The molecule has 1 atom stereocenters. The molecular weight excluding hydrogens is 282 g/mol. The maximum absolute atomic E-state index is 12.6. The van der Waals surface area contributed by atoms with Crippen LogP contribution in [0.1, 0.15) is 45.1 Å². The Balaban J connectivity index is 2.00. The van der Waals surface area contributed by atoms with Gasteiger partial charge in [0, 0.05) is 24.4 Å². The standard InChI is InChI=1S/C16H13N3O3/c1-2-22-16(21)15-18-6-7-19(15)13-8-12-10(9-17)4-3-5-11(12)14(13)20/h3-7,13H,2,8H2,1H3. The predicted octanol–water partition coefficient (Wildman–Crippen LogP) is 1.91. The summed E-state index contributed by atoms with van der Waals surface area (Å²) in [4.78, 5) is 28.5. The van der Waals surface area contributed by atoms with Gasteiger partial charge in [-0.15, -0.1) is 0 Å². The lowest BCUT2D eigenvalue weighted by Crippen LogP contribution is -2.21. The van der Waals surface area contributed by atoms with Crippen LogP contribution in [-0.4, -0.2) is 27.9 Å². The molecular formula is C16H13N3O3. The van der Waals surface area contributed by atoms with Gasteiger partial charge in [-0.25, -0.2) is 9.78 Å². The molecule has 0 amide bonds. The van der Waals surface area contributed by atoms with Crippen LogP contribution in [0, 0.1) is 11.3 Å². The summed E-state index contributed by atoms with van der Waals surface area (Å²) in [5.41, 5.74) is 1.75. The van der Waals surface area contributed by atoms with Crippen molar-refractivity contribution < 1.29 is 14.3 Å². The van der Waals surface area contributed by atoms with E-state index < -0.39 is 12.0 Å². The van der Waals surface area contributed by atoms with E-state index in [0.29, 0.717) is 17.5 Å². The Labute approximate surface area is 127 Å². The van der Waals surface area contributed by atoms with Gasteiger partial charge in [-0.1, -0.05) is 12.1 Å². The molecule has 1 aromatic carbocycles. The summed E-state index contributed by atoms with van der Waals surface area (Å²) in [5.74, 6) is -0.570. The van der Waals surface area contributed by atoms with Crippen LogP contribution in [0.25, 0.3) is 0 Å². The number of carbonyl (C=O) groups is 2. The molecule has 6 nitrogen and oxygen atoms in total. The molecule has 6 heteroatoms. The summed E-state index contributed by atoms with van der Waals surface area (Å²) in [6.45, 7) is 1.95. The summed E-state index contributed by atoms with van der Waals surface area (Å²) < 4.78 is 6.49. The van der Waals surface area contributed by atoms with Crippen LogP contribution in [0.4, 0.5) is 0 Å². The molecule has 1 heterocycles. The van der Waals surface area contributed by atoms with E-state index in [9.17, 15) is 9.59 Å². The number of imidazole rings is 1. The highest BCUT2D eigenvalue weighted by molar-refractivity contribution is 6.04. The van der Waals surface area contributed by atoms with Crippen molar-refractivity contribution in [3.63, 3.8) is 0 Å². The minimum absolute atomic E-state index is 0.103. The number of nitriles is 1. The van der Waals surface area contributed by atoms with E-state index in [1.165, 1.54) is 10.8 Å². The molecule has 0 spiro atoms. The largest absolute Gasteiger partial charge is 0.460 e. The van der Waals surface area contributed by atoms with E-state index in [1.807, 2.05) is 0 Å². The lowest BCUT2D eigenvalue weighted by Gasteiger charge is -2.12. The van der Waals surface area contributed by atoms with Gasteiger partial charge in [-0.3, -0.25) is 4.79 Å². The van der Waals surface area contributed by atoms with Gasteiger partial charge in [0.1, 0.15) is 6.04 Å². The molecule has 0 saturated carbocycles. The normalized spacial score (nSPS) is 16.2. The van der Waals surface area contributed by atoms with Crippen molar-refractivity contribution in [1.29, 1.82) is 5.26 Å². The van der Waals surface area contributed by atoms with Gasteiger partial charge in [0.15, 0.2) is 5.78 Å². The molecule has 0 bridgehead atoms. The molecule has 22 heavy (non-hydrogen) atoms. The van der Waals surface area contributed by atoms with Crippen LogP contribution >= 0.6 is 0 Å². The van der Waals surface area contributed by atoms with Gasteiger partial charge < -0.3 is 9.30 Å². The van der Waals surface area contributed by atoms with E-state index >= 15 is 0 Å². The fourth-order valence-corrected chi connectivity index (χ4v) is 2.75. The summed E-state index contributed by atoms with van der Waals surface area (Å²) in [7, 11) is 0. The zero-order chi connectivity index (χ0) is 15.7. The number of nitrogens with zero attached hydrogens (tertiary/aromatic N) is 3. The van der Waals surface area contributed by atoms with E-state index in [-0.39, 0.29) is 18.2 Å². The molecule has 1 aliphatic carbocycles. The first kappa shape index (κ1) is 14.0. The number of esters is 1. The highest BCUT2D eigenvalue weighted by atomic mass is 16.5. The van der Waals surface area contributed by atoms with Crippen molar-refractivity contribution in [2.75, 3.05) is 6.61 Å². The Morgan fingerprint density at radius 1 is 1.55 bits per heavy atom. The predicted molar refractivity (Wildman–Crippen MR) is 76.4 cm³/mol. The Kier molecular flexibility index (Phi) is 3.47. The van der Waals surface area contributed by atoms with E-state index in [1.54, 1.807) is 31.3 Å². The van der Waals surface area contributed by atoms with Gasteiger partial charge in [0.25, 0.3) is 0 Å². The molecule has 1 unspecified atom stereocenters. The molecule has 0 radical (unpaired) electrons. The first-order chi connectivity index (χ1) is 10.7. The number of fused-ring (bicyclic) bond motifs is 1. The maximum atomic E-state index is 12.6. The minimum atomic E-state index is -0.564. The van der Waals surface area contributed by atoms with Crippen LogP contribution in [0.3, 0.4) is 0 Å². The Bertz CT molecular complexity index is 801. The summed E-state index contributed by atoms with van der Waals surface area (Å²) in [6, 6.07) is 6.63. The average Bonchev–Trinajstić information content (AvgIpc) is 3.12. The topological polar surface area (TPSA) is 85.0 Å². The first-order valence-electron chi connectivity index (χ1n) is 6.93. The van der Waals surface area contributed by atoms with E-state index in [2.05, 4.69) is 11.1 Å². The second-order valence-electron chi connectivity index (χ2n) is 4.91. The highest BCUT2D eigenvalue weighted by Gasteiger charge is 2.35. The third-order valence-electron chi connectivity index (χ3n) is 3.72. The molecule has 0 aliphatic heterocycles. The number of Topliss-reactive ketones (excluding diaryl/α,β-unsaturated/α-hetero) is 1. The molecule has 0 N–H and O–H groups in total. The first-order valence-corrected chi connectivity index (χ1v) is 6.93. The minimum Gasteiger partial charge on any atom is -0.460 e. The van der Waals surface area contributed by atoms with Gasteiger partial charge in [-0.2, -0.15) is 5.26 Å². The van der Waals surface area contributed by atoms with Crippen LogP contribution < -0.4 is 0 Å². The number of aromatic nitrogens is 2. The van der Waals surface area contributed by atoms with Crippen LogP contribution in [0.15, 0.2) is 30.6 Å². The van der Waals surface area contributed by atoms with Gasteiger partial charge in [0.05, 0.1) is 18.2 Å². The third kappa shape index (κ3) is 2.07. The SMILES string of the molecule is CCOC(=O)c1nccn1C1Cc2c(C#N)cccc2C1=O. The van der Waals surface area contributed by atoms with Crippen molar-refractivity contribution >= 4 is 11.8 Å². The van der Waals surface area contributed by atoms with Gasteiger partial charge in [0.2, 0.25) is 5.82 Å². The zero-order valence-electron chi connectivity index (χ0n) is 11.9. The second-order valence-corrected chi connectivity index (χ2v) is 4.91. The van der Waals surface area contributed by atoms with Gasteiger partial charge >= 0.3 is 5.97 Å². The molecule has 110 valence electrons. The number of ether oxygens (including phenoxy) is 1. The molecule has 0 fully saturated rings. The Hall–Kier alpha value is -2.94. The zero-order valence-corrected chi connectivity index (χ0v) is 11.9. The fraction of sp³-hybridized carbons (Fsp3) is 0.250. The number of ketones is 1. The summed E-state index contributed by atoms with van der Waals surface area (Å²) in [6.07, 6.45) is 3.43. The summed E-state index contributed by atoms with van der Waals surface area (Å²) in [5, 5.41) is 9.16. The number of benzene rings is 1. The molecule has 2 aromatic rings. The number of carbonyl (C=O) groups excluding carboxylic acids is 2. The van der Waals surface area contributed by atoms with Gasteiger partial charge in [-0.05, 0) is 18.6 Å². The van der Waals surface area contributed by atoms with Crippen LogP contribution in [0.5, 0.6) is 0 Å². The van der Waals surface area contributed by atoms with E-state index in [0.717, 1.165) is 5.56 Å². The second kappa shape index (κ2) is 5.45. The Morgan fingerprint density at radius 2 is 2.36 bits per heavy atom. The molecule has 0 saturated heterocycles. The van der Waals surface area contributed by atoms with Crippen molar-refractivity contribution in [1.82, 2.24) is 9.55 Å². The van der Waals surface area contributed by atoms with E-state index in [4.69, 9.17) is 10.00 Å². The average molecular weight is 295 g/mol. The monoisotopic (exact) mass is 295 g/mol. The lowest BCUT2D eigenvalue weighted by atomic mass is 10.0. The molecule has 1 aromatic heterocycles. The third-order valence-corrected chi connectivity index (χ3v) is 3.72. The number of rotatable bonds is 3.